The van der Waals surface area contributed by atoms with Crippen molar-refractivity contribution in [1.82, 2.24) is 4.98 Å². The fourth-order valence-corrected chi connectivity index (χ4v) is 3.43. The van der Waals surface area contributed by atoms with Crippen LogP contribution in [0.15, 0.2) is 54.7 Å². The molecule has 0 atom stereocenters. The van der Waals surface area contributed by atoms with E-state index in [0.717, 1.165) is 5.01 Å². The van der Waals surface area contributed by atoms with Crippen molar-refractivity contribution in [3.05, 3.63) is 70.2 Å². The summed E-state index contributed by atoms with van der Waals surface area (Å²) in [6.45, 7) is 6.17. The highest BCUT2D eigenvalue weighted by molar-refractivity contribution is 7.13. The van der Waals surface area contributed by atoms with Gasteiger partial charge in [0.15, 0.2) is 0 Å². The molecule has 0 fully saturated rings. The van der Waals surface area contributed by atoms with Crippen LogP contribution in [0.1, 0.15) is 45.8 Å². The van der Waals surface area contributed by atoms with E-state index in [-0.39, 0.29) is 17.2 Å². The van der Waals surface area contributed by atoms with E-state index in [4.69, 9.17) is 4.74 Å². The number of nitrogens with zero attached hydrogens (tertiary/aromatic N) is 1. The second-order valence-corrected chi connectivity index (χ2v) is 8.50. The number of carbonyl (C=O) groups is 2. The Kier molecular flexibility index (Phi) is 5.98. The summed E-state index contributed by atoms with van der Waals surface area (Å²) in [6.07, 6.45) is 1.59. The van der Waals surface area contributed by atoms with Crippen LogP contribution in [0.25, 0.3) is 0 Å². The maximum absolute atomic E-state index is 12.5. The van der Waals surface area contributed by atoms with Crippen molar-refractivity contribution in [2.75, 3.05) is 17.7 Å². The lowest BCUT2D eigenvalue weighted by molar-refractivity contribution is 0.102. The average molecular weight is 410 g/mol. The Labute approximate surface area is 173 Å². The molecule has 7 heteroatoms. The second-order valence-electron chi connectivity index (χ2n) is 7.47. The predicted octanol–water partition coefficient (Wildman–Crippen LogP) is 4.95. The SMILES string of the molecule is COc1ccccc1NC(=O)c1ccc(NC(=O)c2cnc(C(C)(C)C)s2)cc1. The first-order valence-electron chi connectivity index (χ1n) is 9.10. The summed E-state index contributed by atoms with van der Waals surface area (Å²) in [6, 6.07) is 13.9. The summed E-state index contributed by atoms with van der Waals surface area (Å²) in [7, 11) is 1.55. The number of ether oxygens (including phenoxy) is 1. The third-order valence-corrected chi connectivity index (χ3v) is 5.55. The van der Waals surface area contributed by atoms with Gasteiger partial charge in [-0.1, -0.05) is 32.9 Å². The van der Waals surface area contributed by atoms with E-state index in [9.17, 15) is 9.59 Å². The lowest BCUT2D eigenvalue weighted by Gasteiger charge is -2.13. The monoisotopic (exact) mass is 409 g/mol. The Balaban J connectivity index is 1.66. The fourth-order valence-electron chi connectivity index (χ4n) is 2.57. The summed E-state index contributed by atoms with van der Waals surface area (Å²) in [5.41, 5.74) is 1.58. The van der Waals surface area contributed by atoms with E-state index in [1.807, 2.05) is 12.1 Å². The zero-order chi connectivity index (χ0) is 21.0. The van der Waals surface area contributed by atoms with Gasteiger partial charge in [-0.2, -0.15) is 0 Å². The quantitative estimate of drug-likeness (QED) is 0.625. The first kappa shape index (κ1) is 20.5. The van der Waals surface area contributed by atoms with Crippen molar-refractivity contribution in [3.8, 4) is 5.75 Å². The molecule has 0 aliphatic carbocycles. The predicted molar refractivity (Wildman–Crippen MR) is 116 cm³/mol. The van der Waals surface area contributed by atoms with Crippen LogP contribution in [0.4, 0.5) is 11.4 Å². The summed E-state index contributed by atoms with van der Waals surface area (Å²) in [5, 5.41) is 6.57. The number of anilines is 2. The van der Waals surface area contributed by atoms with E-state index in [1.165, 1.54) is 11.3 Å². The highest BCUT2D eigenvalue weighted by atomic mass is 32.1. The van der Waals surface area contributed by atoms with Crippen LogP contribution < -0.4 is 15.4 Å². The Morgan fingerprint density at radius 3 is 2.28 bits per heavy atom. The van der Waals surface area contributed by atoms with E-state index >= 15 is 0 Å². The molecule has 2 aromatic carbocycles. The third kappa shape index (κ3) is 5.00. The number of carbonyl (C=O) groups excluding carboxylic acids is 2. The van der Waals surface area contributed by atoms with Gasteiger partial charge < -0.3 is 15.4 Å². The lowest BCUT2D eigenvalue weighted by Crippen LogP contribution is -2.13. The van der Waals surface area contributed by atoms with Crippen LogP contribution in [0.2, 0.25) is 0 Å². The highest BCUT2D eigenvalue weighted by Crippen LogP contribution is 2.27. The maximum atomic E-state index is 12.5. The number of thiazole rings is 1. The molecule has 1 aromatic heterocycles. The van der Waals surface area contributed by atoms with E-state index in [0.29, 0.717) is 27.6 Å². The minimum Gasteiger partial charge on any atom is -0.495 e. The number of hydrogen-bond donors (Lipinski definition) is 2. The number of nitrogens with one attached hydrogen (secondary N) is 2. The molecule has 0 spiro atoms. The first-order chi connectivity index (χ1) is 13.8. The molecule has 1 heterocycles. The van der Waals surface area contributed by atoms with Gasteiger partial charge in [0.1, 0.15) is 10.6 Å². The van der Waals surface area contributed by atoms with Gasteiger partial charge in [0.2, 0.25) is 0 Å². The molecule has 29 heavy (non-hydrogen) atoms. The zero-order valence-corrected chi connectivity index (χ0v) is 17.6. The molecule has 6 nitrogen and oxygen atoms in total. The molecule has 0 radical (unpaired) electrons. The molecule has 0 saturated heterocycles. The molecule has 2 N–H and O–H groups in total. The number of aromatic nitrogens is 1. The van der Waals surface area contributed by atoms with Crippen molar-refractivity contribution in [2.24, 2.45) is 0 Å². The minimum absolute atomic E-state index is 0.0976. The standard InChI is InChI=1S/C22H23N3O3S/c1-22(2,3)21-23-13-18(29-21)20(27)24-15-11-9-14(10-12-15)19(26)25-16-7-5-6-8-17(16)28-4/h5-13H,1-4H3,(H,24,27)(H,25,26). The molecule has 150 valence electrons. The van der Waals surface area contributed by atoms with Gasteiger partial charge in [-0.25, -0.2) is 4.98 Å². The molecule has 0 saturated carbocycles. The Hall–Kier alpha value is -3.19. The third-order valence-electron chi connectivity index (χ3n) is 4.13. The number of para-hydroxylation sites is 2. The summed E-state index contributed by atoms with van der Waals surface area (Å²) in [4.78, 5) is 29.8. The largest absolute Gasteiger partial charge is 0.495 e. The van der Waals surface area contributed by atoms with E-state index < -0.39 is 0 Å². The molecule has 3 rings (SSSR count). The van der Waals surface area contributed by atoms with Crippen molar-refractivity contribution in [3.63, 3.8) is 0 Å². The average Bonchev–Trinajstić information content (AvgIpc) is 3.20. The molecular weight excluding hydrogens is 386 g/mol. The highest BCUT2D eigenvalue weighted by Gasteiger charge is 2.20. The molecule has 3 aromatic rings. The van der Waals surface area contributed by atoms with Gasteiger partial charge >= 0.3 is 0 Å². The fraction of sp³-hybridized carbons (Fsp3) is 0.227. The Bertz CT molecular complexity index is 1020. The molecule has 0 unspecified atom stereocenters. The normalized spacial score (nSPS) is 11.0. The second kappa shape index (κ2) is 8.45. The van der Waals surface area contributed by atoms with Gasteiger partial charge in [0.05, 0.1) is 24.0 Å². The van der Waals surface area contributed by atoms with Crippen LogP contribution in [0.3, 0.4) is 0 Å². The van der Waals surface area contributed by atoms with E-state index in [2.05, 4.69) is 36.4 Å². The number of rotatable bonds is 5. The maximum Gasteiger partial charge on any atom is 0.267 e. The van der Waals surface area contributed by atoms with Crippen LogP contribution >= 0.6 is 11.3 Å². The van der Waals surface area contributed by atoms with Crippen molar-refractivity contribution in [1.29, 1.82) is 0 Å². The molecule has 2 amide bonds. The minimum atomic E-state index is -0.260. The van der Waals surface area contributed by atoms with Gasteiger partial charge in [-0.15, -0.1) is 11.3 Å². The number of amides is 2. The van der Waals surface area contributed by atoms with Crippen LogP contribution in [0.5, 0.6) is 5.75 Å². The van der Waals surface area contributed by atoms with Gasteiger partial charge in [0.25, 0.3) is 11.8 Å². The molecule has 0 bridgehead atoms. The molecule has 0 aliphatic rings. The van der Waals surface area contributed by atoms with Crippen LogP contribution in [0, 0.1) is 0 Å². The number of benzene rings is 2. The zero-order valence-electron chi connectivity index (χ0n) is 16.8. The van der Waals surface area contributed by atoms with E-state index in [1.54, 1.807) is 49.7 Å². The molecular formula is C22H23N3O3S. The van der Waals surface area contributed by atoms with Crippen molar-refractivity contribution >= 4 is 34.5 Å². The first-order valence-corrected chi connectivity index (χ1v) is 9.91. The van der Waals surface area contributed by atoms with Crippen LogP contribution in [-0.2, 0) is 5.41 Å². The summed E-state index contributed by atoms with van der Waals surface area (Å²) < 4.78 is 5.24. The van der Waals surface area contributed by atoms with Gasteiger partial charge in [0, 0.05) is 16.7 Å². The summed E-state index contributed by atoms with van der Waals surface area (Å²) >= 11 is 1.38. The van der Waals surface area contributed by atoms with Crippen LogP contribution in [-0.4, -0.2) is 23.9 Å². The van der Waals surface area contributed by atoms with Gasteiger partial charge in [-0.3, -0.25) is 9.59 Å². The Morgan fingerprint density at radius 1 is 0.966 bits per heavy atom. The van der Waals surface area contributed by atoms with Crippen molar-refractivity contribution in [2.45, 2.75) is 26.2 Å². The smallest absolute Gasteiger partial charge is 0.267 e. The topological polar surface area (TPSA) is 80.3 Å². The Morgan fingerprint density at radius 2 is 1.66 bits per heavy atom. The number of methoxy groups -OCH3 is 1. The van der Waals surface area contributed by atoms with Crippen molar-refractivity contribution < 1.29 is 14.3 Å². The number of hydrogen-bond acceptors (Lipinski definition) is 5. The lowest BCUT2D eigenvalue weighted by atomic mass is 9.98. The van der Waals surface area contributed by atoms with Gasteiger partial charge in [-0.05, 0) is 36.4 Å². The summed E-state index contributed by atoms with van der Waals surface area (Å²) in [5.74, 6) is 0.109. The molecule has 0 aliphatic heterocycles.